The number of nitrogens with zero attached hydrogens (tertiary/aromatic N) is 1. The van der Waals surface area contributed by atoms with Gasteiger partial charge >= 0.3 is 5.97 Å². The Bertz CT molecular complexity index is 293. The number of carbonyl (C=O) groups is 2. The van der Waals surface area contributed by atoms with E-state index in [-0.39, 0.29) is 23.1 Å². The van der Waals surface area contributed by atoms with Crippen molar-refractivity contribution in [3.05, 3.63) is 0 Å². The van der Waals surface area contributed by atoms with Crippen LogP contribution in [0, 0.1) is 11.8 Å². The first kappa shape index (κ1) is 13.4. The zero-order valence-corrected chi connectivity index (χ0v) is 11.0. The number of thioether (sulfide) groups is 1. The van der Waals surface area contributed by atoms with E-state index in [9.17, 15) is 9.59 Å². The van der Waals surface area contributed by atoms with Crippen LogP contribution in [0.1, 0.15) is 27.7 Å². The molecule has 1 aliphatic heterocycles. The molecule has 0 bridgehead atoms. The van der Waals surface area contributed by atoms with Crippen molar-refractivity contribution in [2.75, 3.05) is 5.75 Å². The molecular formula is C11H19NO3S. The molecule has 3 unspecified atom stereocenters. The van der Waals surface area contributed by atoms with E-state index < -0.39 is 12.0 Å². The molecular weight excluding hydrogens is 226 g/mol. The third-order valence-corrected chi connectivity index (χ3v) is 4.37. The number of hydrogen-bond donors (Lipinski definition) is 1. The van der Waals surface area contributed by atoms with Gasteiger partial charge in [0, 0.05) is 11.7 Å². The van der Waals surface area contributed by atoms with E-state index in [0.717, 1.165) is 0 Å². The van der Waals surface area contributed by atoms with E-state index in [1.165, 1.54) is 16.7 Å². The summed E-state index contributed by atoms with van der Waals surface area (Å²) < 4.78 is 0. The minimum atomic E-state index is -0.902. The summed E-state index contributed by atoms with van der Waals surface area (Å²) in [4.78, 5) is 24.7. The predicted octanol–water partition coefficient (Wildman–Crippen LogP) is 1.65. The summed E-state index contributed by atoms with van der Waals surface area (Å²) in [6.45, 7) is 7.71. The molecule has 0 spiro atoms. The van der Waals surface area contributed by atoms with Crippen molar-refractivity contribution in [1.29, 1.82) is 0 Å². The molecule has 92 valence electrons. The fourth-order valence-electron chi connectivity index (χ4n) is 1.69. The van der Waals surface area contributed by atoms with Gasteiger partial charge in [-0.3, -0.25) is 4.79 Å². The lowest BCUT2D eigenvalue weighted by Gasteiger charge is -2.29. The second-order valence-corrected chi connectivity index (χ2v) is 5.91. The molecule has 0 aromatic carbocycles. The van der Waals surface area contributed by atoms with Crippen molar-refractivity contribution in [2.24, 2.45) is 11.8 Å². The Morgan fingerprint density at radius 3 is 2.38 bits per heavy atom. The highest BCUT2D eigenvalue weighted by Gasteiger charge is 2.41. The number of carboxylic acids is 1. The van der Waals surface area contributed by atoms with Crippen LogP contribution >= 0.6 is 11.8 Å². The van der Waals surface area contributed by atoms with E-state index in [1.807, 2.05) is 27.7 Å². The minimum absolute atomic E-state index is 0.0326. The Hall–Kier alpha value is -0.710. The van der Waals surface area contributed by atoms with E-state index >= 15 is 0 Å². The zero-order chi connectivity index (χ0) is 12.5. The molecule has 1 aliphatic rings. The third kappa shape index (κ3) is 2.51. The monoisotopic (exact) mass is 245 g/mol. The Morgan fingerprint density at radius 1 is 1.38 bits per heavy atom. The maximum atomic E-state index is 12.2. The van der Waals surface area contributed by atoms with Crippen LogP contribution in [0.4, 0.5) is 0 Å². The van der Waals surface area contributed by atoms with Gasteiger partial charge in [0.1, 0.15) is 6.04 Å². The van der Waals surface area contributed by atoms with E-state index in [1.54, 1.807) is 0 Å². The summed E-state index contributed by atoms with van der Waals surface area (Å²) >= 11 is 1.52. The quantitative estimate of drug-likeness (QED) is 0.821. The third-order valence-electron chi connectivity index (χ3n) is 3.15. The van der Waals surface area contributed by atoms with Crippen LogP contribution in [0.15, 0.2) is 0 Å². The molecule has 0 aromatic rings. The average Bonchev–Trinajstić information content (AvgIpc) is 2.57. The van der Waals surface area contributed by atoms with E-state index in [2.05, 4.69) is 0 Å². The summed E-state index contributed by atoms with van der Waals surface area (Å²) in [7, 11) is 0. The lowest BCUT2D eigenvalue weighted by molar-refractivity contribution is -0.151. The largest absolute Gasteiger partial charge is 0.480 e. The van der Waals surface area contributed by atoms with Gasteiger partial charge < -0.3 is 10.0 Å². The normalized spacial score (nSPS) is 27.2. The molecule has 0 radical (unpaired) electrons. The summed E-state index contributed by atoms with van der Waals surface area (Å²) in [5.74, 6) is -0.337. The Kier molecular flexibility index (Phi) is 4.24. The molecule has 1 N–H and O–H groups in total. The van der Waals surface area contributed by atoms with Crippen LogP contribution in [0.3, 0.4) is 0 Å². The lowest BCUT2D eigenvalue weighted by Crippen LogP contribution is -2.47. The summed E-state index contributed by atoms with van der Waals surface area (Å²) in [6.07, 6.45) is 0. The summed E-state index contributed by atoms with van der Waals surface area (Å²) in [5.41, 5.74) is 0. The fraction of sp³-hybridized carbons (Fsp3) is 0.818. The van der Waals surface area contributed by atoms with Crippen LogP contribution in [0.25, 0.3) is 0 Å². The van der Waals surface area contributed by atoms with Gasteiger partial charge in [-0.2, -0.15) is 0 Å². The smallest absolute Gasteiger partial charge is 0.327 e. The number of rotatable bonds is 3. The van der Waals surface area contributed by atoms with Crippen molar-refractivity contribution in [2.45, 2.75) is 39.1 Å². The van der Waals surface area contributed by atoms with E-state index in [4.69, 9.17) is 5.11 Å². The Labute approximate surface area is 100 Å². The molecule has 1 rings (SSSR count). The van der Waals surface area contributed by atoms with Gasteiger partial charge in [-0.25, -0.2) is 4.79 Å². The van der Waals surface area contributed by atoms with Gasteiger partial charge in [0.2, 0.25) is 5.91 Å². The highest BCUT2D eigenvalue weighted by atomic mass is 32.2. The van der Waals surface area contributed by atoms with Crippen molar-refractivity contribution < 1.29 is 14.7 Å². The first-order chi connectivity index (χ1) is 7.36. The average molecular weight is 245 g/mol. The number of hydrogen-bond acceptors (Lipinski definition) is 3. The second-order valence-electron chi connectivity index (χ2n) is 4.56. The van der Waals surface area contributed by atoms with Gasteiger partial charge in [-0.1, -0.05) is 20.8 Å². The van der Waals surface area contributed by atoms with Gasteiger partial charge in [0.25, 0.3) is 0 Å². The second kappa shape index (κ2) is 5.08. The molecule has 5 heteroatoms. The molecule has 0 aliphatic carbocycles. The van der Waals surface area contributed by atoms with E-state index in [0.29, 0.717) is 5.75 Å². The number of carboxylic acid groups (broad SMARTS) is 1. The molecule has 1 amide bonds. The van der Waals surface area contributed by atoms with Crippen LogP contribution in [-0.2, 0) is 9.59 Å². The van der Waals surface area contributed by atoms with Crippen LogP contribution in [0.5, 0.6) is 0 Å². The van der Waals surface area contributed by atoms with Gasteiger partial charge in [-0.15, -0.1) is 11.8 Å². The molecule has 0 aromatic heterocycles. The van der Waals surface area contributed by atoms with Crippen molar-refractivity contribution in [3.8, 4) is 0 Å². The predicted molar refractivity (Wildman–Crippen MR) is 64.2 cm³/mol. The summed E-state index contributed by atoms with van der Waals surface area (Å²) in [6, 6.07) is -0.659. The number of carbonyl (C=O) groups excluding carboxylic acids is 1. The highest BCUT2D eigenvalue weighted by molar-refractivity contribution is 8.00. The SMILES string of the molecule is CC(C)C(C)C(=O)N1C(C)SCC1C(=O)O. The zero-order valence-electron chi connectivity index (χ0n) is 10.1. The Balaban J connectivity index is 2.83. The maximum absolute atomic E-state index is 12.2. The number of aliphatic carboxylic acids is 1. The maximum Gasteiger partial charge on any atom is 0.327 e. The van der Waals surface area contributed by atoms with Gasteiger partial charge in [0.15, 0.2) is 0 Å². The van der Waals surface area contributed by atoms with Gasteiger partial charge in [0.05, 0.1) is 5.37 Å². The molecule has 1 heterocycles. The van der Waals surface area contributed by atoms with Crippen LogP contribution in [-0.4, -0.2) is 39.1 Å². The molecule has 1 fully saturated rings. The molecule has 0 saturated carbocycles. The first-order valence-corrected chi connectivity index (χ1v) is 6.57. The van der Waals surface area contributed by atoms with Gasteiger partial charge in [-0.05, 0) is 12.8 Å². The number of amides is 1. The molecule has 3 atom stereocenters. The highest BCUT2D eigenvalue weighted by Crippen LogP contribution is 2.31. The summed E-state index contributed by atoms with van der Waals surface area (Å²) in [5, 5.41) is 9.03. The molecule has 4 nitrogen and oxygen atoms in total. The van der Waals surface area contributed by atoms with Crippen molar-refractivity contribution in [3.63, 3.8) is 0 Å². The van der Waals surface area contributed by atoms with Crippen molar-refractivity contribution >= 4 is 23.6 Å². The Morgan fingerprint density at radius 2 is 1.94 bits per heavy atom. The minimum Gasteiger partial charge on any atom is -0.480 e. The molecule has 16 heavy (non-hydrogen) atoms. The van der Waals surface area contributed by atoms with Crippen LogP contribution < -0.4 is 0 Å². The lowest BCUT2D eigenvalue weighted by atomic mass is 9.96. The standard InChI is InChI=1S/C11H19NO3S/c1-6(2)7(3)10(13)12-8(4)16-5-9(12)11(14)15/h6-9H,5H2,1-4H3,(H,14,15). The van der Waals surface area contributed by atoms with Crippen molar-refractivity contribution in [1.82, 2.24) is 4.90 Å². The fourth-order valence-corrected chi connectivity index (χ4v) is 2.86. The first-order valence-electron chi connectivity index (χ1n) is 5.52. The van der Waals surface area contributed by atoms with Crippen LogP contribution in [0.2, 0.25) is 0 Å². The molecule has 1 saturated heterocycles. The topological polar surface area (TPSA) is 57.6 Å².